The molecule has 0 saturated heterocycles. The summed E-state index contributed by atoms with van der Waals surface area (Å²) in [4.78, 5) is 11.2. The van der Waals surface area contributed by atoms with E-state index in [1.807, 2.05) is 12.1 Å². The van der Waals surface area contributed by atoms with E-state index in [2.05, 4.69) is 18.4 Å². The van der Waals surface area contributed by atoms with Crippen LogP contribution in [0.15, 0.2) is 24.3 Å². The van der Waals surface area contributed by atoms with Crippen molar-refractivity contribution in [1.82, 2.24) is 4.57 Å². The van der Waals surface area contributed by atoms with Gasteiger partial charge in [-0.25, -0.2) is 4.79 Å². The zero-order chi connectivity index (χ0) is 12.6. The smallest absolute Gasteiger partial charge is 0.336 e. The van der Waals surface area contributed by atoms with Gasteiger partial charge in [0.1, 0.15) is 0 Å². The Kier molecular flexibility index (Phi) is 2.90. The molecular weight excluding hydrogens is 216 g/mol. The van der Waals surface area contributed by atoms with Crippen LogP contribution in [0.3, 0.4) is 0 Å². The summed E-state index contributed by atoms with van der Waals surface area (Å²) in [5.41, 5.74) is 7.93. The topological polar surface area (TPSA) is 68.2 Å². The molecule has 0 amide bonds. The molecule has 0 saturated carbocycles. The van der Waals surface area contributed by atoms with Crippen LogP contribution in [-0.2, 0) is 6.54 Å². The van der Waals surface area contributed by atoms with Crippen LogP contribution in [-0.4, -0.2) is 15.6 Å². The highest BCUT2D eigenvalue weighted by Crippen LogP contribution is 2.26. The summed E-state index contributed by atoms with van der Waals surface area (Å²) in [6.07, 6.45) is 0. The first-order valence-electron chi connectivity index (χ1n) is 5.62. The number of aromatic carboxylic acids is 1. The van der Waals surface area contributed by atoms with Gasteiger partial charge in [0.25, 0.3) is 0 Å². The molecule has 0 aliphatic rings. The van der Waals surface area contributed by atoms with Crippen molar-refractivity contribution in [3.8, 4) is 0 Å². The number of hydrogen-bond donors (Lipinski definition) is 2. The van der Waals surface area contributed by atoms with Crippen molar-refractivity contribution in [3.63, 3.8) is 0 Å². The first-order valence-corrected chi connectivity index (χ1v) is 5.62. The Morgan fingerprint density at radius 1 is 1.47 bits per heavy atom. The maximum absolute atomic E-state index is 11.2. The van der Waals surface area contributed by atoms with E-state index in [4.69, 9.17) is 10.8 Å². The Bertz CT molecular complexity index is 570. The SMILES string of the molecule is CC(C)n1c(CN)cc2c(C(=O)O)cccc21. The number of carbonyl (C=O) groups is 1. The van der Waals surface area contributed by atoms with E-state index in [0.29, 0.717) is 12.1 Å². The minimum atomic E-state index is -0.903. The number of nitrogens with zero attached hydrogens (tertiary/aromatic N) is 1. The largest absolute Gasteiger partial charge is 0.478 e. The number of rotatable bonds is 3. The fourth-order valence-electron chi connectivity index (χ4n) is 2.26. The number of hydrogen-bond acceptors (Lipinski definition) is 2. The molecule has 4 heteroatoms. The molecule has 90 valence electrons. The minimum Gasteiger partial charge on any atom is -0.478 e. The van der Waals surface area contributed by atoms with Gasteiger partial charge in [0.05, 0.1) is 5.56 Å². The summed E-state index contributed by atoms with van der Waals surface area (Å²) in [5, 5.41) is 9.91. The Morgan fingerprint density at radius 3 is 2.71 bits per heavy atom. The van der Waals surface area contributed by atoms with E-state index >= 15 is 0 Å². The maximum Gasteiger partial charge on any atom is 0.336 e. The molecule has 17 heavy (non-hydrogen) atoms. The van der Waals surface area contributed by atoms with Crippen molar-refractivity contribution in [2.24, 2.45) is 5.73 Å². The zero-order valence-electron chi connectivity index (χ0n) is 9.97. The highest BCUT2D eigenvalue weighted by Gasteiger charge is 2.15. The van der Waals surface area contributed by atoms with Crippen molar-refractivity contribution in [3.05, 3.63) is 35.5 Å². The molecule has 3 N–H and O–H groups in total. The summed E-state index contributed by atoms with van der Waals surface area (Å²) < 4.78 is 2.09. The first kappa shape index (κ1) is 11.7. The van der Waals surface area contributed by atoms with Crippen molar-refractivity contribution >= 4 is 16.9 Å². The van der Waals surface area contributed by atoms with Gasteiger partial charge in [-0.3, -0.25) is 0 Å². The summed E-state index contributed by atoms with van der Waals surface area (Å²) in [6.45, 7) is 4.53. The summed E-state index contributed by atoms with van der Waals surface area (Å²) in [6, 6.07) is 7.45. The lowest BCUT2D eigenvalue weighted by molar-refractivity contribution is 0.0699. The highest BCUT2D eigenvalue weighted by atomic mass is 16.4. The van der Waals surface area contributed by atoms with Crippen LogP contribution >= 0.6 is 0 Å². The molecule has 0 spiro atoms. The maximum atomic E-state index is 11.2. The van der Waals surface area contributed by atoms with Gasteiger partial charge in [-0.1, -0.05) is 6.07 Å². The lowest BCUT2D eigenvalue weighted by atomic mass is 10.1. The molecule has 4 nitrogen and oxygen atoms in total. The Hall–Kier alpha value is -1.81. The average Bonchev–Trinajstić information content (AvgIpc) is 2.66. The van der Waals surface area contributed by atoms with Crippen LogP contribution in [0.25, 0.3) is 10.9 Å². The lowest BCUT2D eigenvalue weighted by Gasteiger charge is -2.13. The highest BCUT2D eigenvalue weighted by molar-refractivity contribution is 6.03. The fourth-order valence-corrected chi connectivity index (χ4v) is 2.26. The van der Waals surface area contributed by atoms with Crippen LogP contribution in [0, 0.1) is 0 Å². The second-order valence-electron chi connectivity index (χ2n) is 4.35. The van der Waals surface area contributed by atoms with Gasteiger partial charge < -0.3 is 15.4 Å². The van der Waals surface area contributed by atoms with Gasteiger partial charge in [-0.15, -0.1) is 0 Å². The summed E-state index contributed by atoms with van der Waals surface area (Å²) in [7, 11) is 0. The van der Waals surface area contributed by atoms with E-state index in [0.717, 1.165) is 16.6 Å². The van der Waals surface area contributed by atoms with Crippen LogP contribution < -0.4 is 5.73 Å². The number of nitrogens with two attached hydrogens (primary N) is 1. The first-order chi connectivity index (χ1) is 8.06. The average molecular weight is 232 g/mol. The van der Waals surface area contributed by atoms with Gasteiger partial charge >= 0.3 is 5.97 Å². The standard InChI is InChI=1S/C13H16N2O2/c1-8(2)15-9(7-14)6-11-10(13(16)17)4-3-5-12(11)15/h3-6,8H,7,14H2,1-2H3,(H,16,17). The minimum absolute atomic E-state index is 0.259. The summed E-state index contributed by atoms with van der Waals surface area (Å²) in [5.74, 6) is -0.903. The number of benzene rings is 1. The van der Waals surface area contributed by atoms with E-state index in [9.17, 15) is 4.79 Å². The predicted octanol–water partition coefficient (Wildman–Crippen LogP) is 2.38. The Labute approximate surface area is 99.7 Å². The van der Waals surface area contributed by atoms with Crippen LogP contribution in [0.5, 0.6) is 0 Å². The van der Waals surface area contributed by atoms with E-state index in [-0.39, 0.29) is 6.04 Å². The predicted molar refractivity (Wildman–Crippen MR) is 67.2 cm³/mol. The second kappa shape index (κ2) is 4.22. The molecule has 0 fully saturated rings. The number of carboxylic acid groups (broad SMARTS) is 1. The molecule has 0 aliphatic carbocycles. The molecule has 0 radical (unpaired) electrons. The van der Waals surface area contributed by atoms with Crippen molar-refractivity contribution in [2.75, 3.05) is 0 Å². The van der Waals surface area contributed by atoms with Crippen LogP contribution in [0.2, 0.25) is 0 Å². The molecule has 1 heterocycles. The van der Waals surface area contributed by atoms with Gasteiger partial charge in [0.2, 0.25) is 0 Å². The van der Waals surface area contributed by atoms with Crippen molar-refractivity contribution < 1.29 is 9.90 Å². The van der Waals surface area contributed by atoms with Crippen molar-refractivity contribution in [2.45, 2.75) is 26.4 Å². The zero-order valence-corrected chi connectivity index (χ0v) is 9.97. The van der Waals surface area contributed by atoms with Gasteiger partial charge in [-0.05, 0) is 32.0 Å². The monoisotopic (exact) mass is 232 g/mol. The van der Waals surface area contributed by atoms with E-state index in [1.54, 1.807) is 12.1 Å². The third kappa shape index (κ3) is 1.80. The van der Waals surface area contributed by atoms with E-state index < -0.39 is 5.97 Å². The van der Waals surface area contributed by atoms with E-state index in [1.165, 1.54) is 0 Å². The second-order valence-corrected chi connectivity index (χ2v) is 4.35. The number of carboxylic acids is 1. The molecule has 1 aromatic heterocycles. The molecule has 0 unspecified atom stereocenters. The third-order valence-corrected chi connectivity index (χ3v) is 2.92. The van der Waals surface area contributed by atoms with Crippen LogP contribution in [0.4, 0.5) is 0 Å². The number of aromatic nitrogens is 1. The molecule has 1 aromatic carbocycles. The lowest BCUT2D eigenvalue weighted by Crippen LogP contribution is -2.09. The Morgan fingerprint density at radius 2 is 2.18 bits per heavy atom. The quantitative estimate of drug-likeness (QED) is 0.853. The summed E-state index contributed by atoms with van der Waals surface area (Å²) >= 11 is 0. The Balaban J connectivity index is 2.82. The van der Waals surface area contributed by atoms with Gasteiger partial charge in [0.15, 0.2) is 0 Å². The normalized spacial score (nSPS) is 11.3. The van der Waals surface area contributed by atoms with Crippen LogP contribution in [0.1, 0.15) is 35.9 Å². The van der Waals surface area contributed by atoms with Gasteiger partial charge in [-0.2, -0.15) is 0 Å². The molecule has 2 aromatic rings. The molecule has 0 atom stereocenters. The fraction of sp³-hybridized carbons (Fsp3) is 0.308. The third-order valence-electron chi connectivity index (χ3n) is 2.92. The molecule has 2 rings (SSSR count). The molecule has 0 aliphatic heterocycles. The molecule has 0 bridgehead atoms. The molecular formula is C13H16N2O2. The number of fused-ring (bicyclic) bond motifs is 1. The van der Waals surface area contributed by atoms with Gasteiger partial charge in [0, 0.05) is 29.2 Å². The van der Waals surface area contributed by atoms with Crippen molar-refractivity contribution in [1.29, 1.82) is 0 Å².